The Bertz CT molecular complexity index is 802. The van der Waals surface area contributed by atoms with Gasteiger partial charge in [0.1, 0.15) is 6.10 Å². The van der Waals surface area contributed by atoms with Crippen molar-refractivity contribution < 1.29 is 19.3 Å². The molecule has 0 aromatic heterocycles. The van der Waals surface area contributed by atoms with E-state index in [1.165, 1.54) is 13.2 Å². The van der Waals surface area contributed by atoms with E-state index in [4.69, 9.17) is 19.7 Å². The summed E-state index contributed by atoms with van der Waals surface area (Å²) >= 11 is 0. The van der Waals surface area contributed by atoms with Crippen LogP contribution < -0.4 is 14.2 Å². The summed E-state index contributed by atoms with van der Waals surface area (Å²) in [6.45, 7) is 2.09. The lowest BCUT2D eigenvalue weighted by atomic mass is 10.0. The van der Waals surface area contributed by atoms with Gasteiger partial charge in [-0.2, -0.15) is 0 Å². The molecule has 1 aliphatic heterocycles. The number of hydrogen-bond donors (Lipinski definition) is 1. The predicted octanol–water partition coefficient (Wildman–Crippen LogP) is 3.90. The zero-order chi connectivity index (χ0) is 17.1. The smallest absolute Gasteiger partial charge is 0.162 e. The minimum atomic E-state index is -0.487. The number of azide groups is 1. The minimum absolute atomic E-state index is 0.0424. The third-order valence-corrected chi connectivity index (χ3v) is 3.83. The van der Waals surface area contributed by atoms with Crippen molar-refractivity contribution >= 4 is 0 Å². The summed E-state index contributed by atoms with van der Waals surface area (Å²) in [6.07, 6.45) is -0.968. The summed E-state index contributed by atoms with van der Waals surface area (Å²) in [5.41, 5.74) is 10.4. The number of methoxy groups -OCH3 is 1. The molecule has 2 aromatic rings. The van der Waals surface area contributed by atoms with Crippen LogP contribution in [0.4, 0.5) is 0 Å². The van der Waals surface area contributed by atoms with Crippen molar-refractivity contribution in [3.8, 4) is 23.0 Å². The van der Waals surface area contributed by atoms with Gasteiger partial charge in [-0.3, -0.25) is 0 Å². The maximum Gasteiger partial charge on any atom is 0.162 e. The van der Waals surface area contributed by atoms with Crippen LogP contribution in [0.3, 0.4) is 0 Å². The summed E-state index contributed by atoms with van der Waals surface area (Å²) in [5, 5.41) is 13.4. The Morgan fingerprint density at radius 2 is 2.04 bits per heavy atom. The molecule has 0 saturated heterocycles. The lowest BCUT2D eigenvalue weighted by molar-refractivity contribution is 0.0248. The monoisotopic (exact) mass is 327 g/mol. The SMILES string of the molecule is COc1cc([C@H]2Oc3cc(C)ccc3O[C@@H]2CN=[N+]=[N-])ccc1O. The number of rotatable bonds is 4. The molecule has 1 heterocycles. The number of nitrogens with zero attached hydrogens (tertiary/aromatic N) is 3. The normalized spacial score (nSPS) is 18.6. The molecule has 0 fully saturated rings. The van der Waals surface area contributed by atoms with E-state index < -0.39 is 12.2 Å². The first-order valence-electron chi connectivity index (χ1n) is 7.44. The van der Waals surface area contributed by atoms with E-state index >= 15 is 0 Å². The van der Waals surface area contributed by atoms with Crippen molar-refractivity contribution in [1.29, 1.82) is 0 Å². The third kappa shape index (κ3) is 3.02. The second kappa shape index (κ2) is 6.60. The number of phenolic OH excluding ortho intramolecular Hbond substituents is 1. The molecule has 1 N–H and O–H groups in total. The maximum atomic E-state index is 9.77. The molecule has 7 heteroatoms. The second-order valence-corrected chi connectivity index (χ2v) is 5.49. The molecule has 24 heavy (non-hydrogen) atoms. The summed E-state index contributed by atoms with van der Waals surface area (Å²) in [4.78, 5) is 2.80. The minimum Gasteiger partial charge on any atom is -0.504 e. The van der Waals surface area contributed by atoms with Crippen LogP contribution in [0.5, 0.6) is 23.0 Å². The number of ether oxygens (including phenoxy) is 3. The number of hydrogen-bond acceptors (Lipinski definition) is 5. The highest BCUT2D eigenvalue weighted by molar-refractivity contribution is 5.47. The predicted molar refractivity (Wildman–Crippen MR) is 87.6 cm³/mol. The standard InChI is InChI=1S/C17H17N3O4/c1-10-3-6-13-15(7-10)24-17(16(23-13)9-19-20-18)11-4-5-12(21)14(8-11)22-2/h3-8,16-17,21H,9H2,1-2H3/t16-,17-/m1/s1. The highest BCUT2D eigenvalue weighted by Gasteiger charge is 2.33. The van der Waals surface area contributed by atoms with E-state index in [1.54, 1.807) is 12.1 Å². The van der Waals surface area contributed by atoms with E-state index in [-0.39, 0.29) is 12.3 Å². The molecular formula is C17H17N3O4. The van der Waals surface area contributed by atoms with Gasteiger partial charge < -0.3 is 19.3 Å². The first kappa shape index (κ1) is 15.8. The fourth-order valence-corrected chi connectivity index (χ4v) is 2.65. The molecule has 2 atom stereocenters. The fraction of sp³-hybridized carbons (Fsp3) is 0.294. The summed E-state index contributed by atoms with van der Waals surface area (Å²) in [7, 11) is 1.48. The van der Waals surface area contributed by atoms with Gasteiger partial charge in [0.05, 0.1) is 13.7 Å². The van der Waals surface area contributed by atoms with Gasteiger partial charge in [0.2, 0.25) is 0 Å². The van der Waals surface area contributed by atoms with Gasteiger partial charge in [-0.05, 0) is 42.3 Å². The van der Waals surface area contributed by atoms with E-state index in [1.807, 2.05) is 25.1 Å². The maximum absolute atomic E-state index is 9.77. The second-order valence-electron chi connectivity index (χ2n) is 5.49. The lowest BCUT2D eigenvalue weighted by Gasteiger charge is -2.34. The topological polar surface area (TPSA) is 96.7 Å². The summed E-state index contributed by atoms with van der Waals surface area (Å²) < 4.78 is 17.2. The Morgan fingerprint density at radius 1 is 1.21 bits per heavy atom. The molecular weight excluding hydrogens is 310 g/mol. The molecule has 0 saturated carbocycles. The van der Waals surface area contributed by atoms with Crippen molar-refractivity contribution in [2.24, 2.45) is 5.11 Å². The molecule has 0 unspecified atom stereocenters. The Kier molecular flexibility index (Phi) is 4.35. The average molecular weight is 327 g/mol. The van der Waals surface area contributed by atoms with Gasteiger partial charge in [-0.1, -0.05) is 17.2 Å². The van der Waals surface area contributed by atoms with Crippen LogP contribution in [-0.4, -0.2) is 24.9 Å². The van der Waals surface area contributed by atoms with Gasteiger partial charge in [0, 0.05) is 10.5 Å². The van der Waals surface area contributed by atoms with E-state index in [9.17, 15) is 5.11 Å². The largest absolute Gasteiger partial charge is 0.504 e. The Hall–Kier alpha value is -3.05. The van der Waals surface area contributed by atoms with Gasteiger partial charge in [-0.15, -0.1) is 0 Å². The number of benzene rings is 2. The van der Waals surface area contributed by atoms with Crippen LogP contribution in [0.25, 0.3) is 10.4 Å². The van der Waals surface area contributed by atoms with Crippen molar-refractivity contribution in [2.45, 2.75) is 19.1 Å². The highest BCUT2D eigenvalue weighted by Crippen LogP contribution is 2.41. The number of fused-ring (bicyclic) bond motifs is 1. The molecule has 0 aliphatic carbocycles. The fourth-order valence-electron chi connectivity index (χ4n) is 2.65. The molecule has 0 bridgehead atoms. The number of aromatic hydroxyl groups is 1. The Balaban J connectivity index is 2.00. The van der Waals surface area contributed by atoms with Crippen LogP contribution >= 0.6 is 0 Å². The van der Waals surface area contributed by atoms with Crippen molar-refractivity contribution in [3.05, 3.63) is 58.0 Å². The molecule has 0 spiro atoms. The quantitative estimate of drug-likeness (QED) is 0.523. The molecule has 2 aromatic carbocycles. The zero-order valence-corrected chi connectivity index (χ0v) is 13.3. The molecule has 124 valence electrons. The van der Waals surface area contributed by atoms with Gasteiger partial charge in [0.15, 0.2) is 29.1 Å². The van der Waals surface area contributed by atoms with Gasteiger partial charge in [0.25, 0.3) is 0 Å². The zero-order valence-electron chi connectivity index (χ0n) is 13.3. The molecule has 1 aliphatic rings. The van der Waals surface area contributed by atoms with E-state index in [0.717, 1.165) is 11.1 Å². The number of phenols is 1. The van der Waals surface area contributed by atoms with Crippen molar-refractivity contribution in [3.63, 3.8) is 0 Å². The molecule has 7 nitrogen and oxygen atoms in total. The third-order valence-electron chi connectivity index (χ3n) is 3.83. The van der Waals surface area contributed by atoms with Crippen molar-refractivity contribution in [2.75, 3.05) is 13.7 Å². The first-order valence-corrected chi connectivity index (χ1v) is 7.44. The molecule has 0 amide bonds. The van der Waals surface area contributed by atoms with Crippen LogP contribution in [0, 0.1) is 6.92 Å². The summed E-state index contributed by atoms with van der Waals surface area (Å²) in [5.74, 6) is 1.62. The van der Waals surface area contributed by atoms with E-state index in [0.29, 0.717) is 17.2 Å². The van der Waals surface area contributed by atoms with E-state index in [2.05, 4.69) is 10.0 Å². The highest BCUT2D eigenvalue weighted by atomic mass is 16.6. The summed E-state index contributed by atoms with van der Waals surface area (Å²) in [6, 6.07) is 10.6. The van der Waals surface area contributed by atoms with Crippen LogP contribution in [0.2, 0.25) is 0 Å². The average Bonchev–Trinajstić information content (AvgIpc) is 2.59. The van der Waals surface area contributed by atoms with Gasteiger partial charge >= 0.3 is 0 Å². The molecule has 3 rings (SSSR count). The van der Waals surface area contributed by atoms with Gasteiger partial charge in [-0.25, -0.2) is 0 Å². The Labute approximate surface area is 139 Å². The van der Waals surface area contributed by atoms with Crippen molar-refractivity contribution in [1.82, 2.24) is 0 Å². The van der Waals surface area contributed by atoms with Crippen LogP contribution in [0.1, 0.15) is 17.2 Å². The number of aryl methyl sites for hydroxylation is 1. The van der Waals surface area contributed by atoms with Crippen LogP contribution in [0.15, 0.2) is 41.5 Å². The Morgan fingerprint density at radius 3 is 2.79 bits per heavy atom. The van der Waals surface area contributed by atoms with Crippen LogP contribution in [-0.2, 0) is 0 Å². The molecule has 0 radical (unpaired) electrons. The lowest BCUT2D eigenvalue weighted by Crippen LogP contribution is -2.35. The first-order chi connectivity index (χ1) is 11.6.